The van der Waals surface area contributed by atoms with Gasteiger partial charge in [-0.15, -0.1) is 0 Å². The van der Waals surface area contributed by atoms with Gasteiger partial charge < -0.3 is 10.6 Å². The summed E-state index contributed by atoms with van der Waals surface area (Å²) in [6.45, 7) is 0. The molecule has 0 bridgehead atoms. The van der Waals surface area contributed by atoms with Gasteiger partial charge in [-0.3, -0.25) is 14.9 Å². The van der Waals surface area contributed by atoms with E-state index in [1.165, 1.54) is 12.1 Å². The fourth-order valence-electron chi connectivity index (χ4n) is 3.43. The van der Waals surface area contributed by atoms with Gasteiger partial charge in [-0.1, -0.05) is 60.7 Å². The number of nitro groups is 1. The van der Waals surface area contributed by atoms with E-state index in [0.717, 1.165) is 5.56 Å². The number of hydrogen-bond acceptors (Lipinski definition) is 4. The Balaban J connectivity index is 1.89. The molecule has 0 unspecified atom stereocenters. The molecule has 7 heteroatoms. The van der Waals surface area contributed by atoms with Gasteiger partial charge in [0.1, 0.15) is 0 Å². The van der Waals surface area contributed by atoms with Crippen molar-refractivity contribution in [1.82, 2.24) is 10.6 Å². The Bertz CT molecular complexity index is 1140. The average Bonchev–Trinajstić information content (AvgIpc) is 2.79. The number of hydrogen-bond donors (Lipinski definition) is 2. The molecule has 3 aromatic carbocycles. The Hall–Kier alpha value is -3.84. The summed E-state index contributed by atoms with van der Waals surface area (Å²) in [5.41, 5.74) is 3.18. The van der Waals surface area contributed by atoms with E-state index in [1.54, 1.807) is 24.3 Å². The molecule has 1 aliphatic heterocycles. The minimum atomic E-state index is -0.553. The normalized spacial score (nSPS) is 15.9. The van der Waals surface area contributed by atoms with E-state index in [9.17, 15) is 14.9 Å². The van der Waals surface area contributed by atoms with E-state index in [-0.39, 0.29) is 11.5 Å². The number of thiocarbonyl (C=S) groups is 1. The molecule has 1 aliphatic rings. The number of carbonyl (C=O) groups is 1. The first-order valence-electron chi connectivity index (χ1n) is 9.26. The highest BCUT2D eigenvalue weighted by atomic mass is 32.1. The van der Waals surface area contributed by atoms with Crippen LogP contribution in [0.5, 0.6) is 0 Å². The number of rotatable bonds is 5. The Labute approximate surface area is 178 Å². The van der Waals surface area contributed by atoms with Gasteiger partial charge in [-0.05, 0) is 35.5 Å². The maximum atomic E-state index is 13.6. The van der Waals surface area contributed by atoms with Crippen LogP contribution in [-0.4, -0.2) is 15.8 Å². The summed E-state index contributed by atoms with van der Waals surface area (Å²) in [6.07, 6.45) is 0. The fourth-order valence-corrected chi connectivity index (χ4v) is 3.65. The lowest BCUT2D eigenvalue weighted by Crippen LogP contribution is -2.44. The van der Waals surface area contributed by atoms with E-state index in [0.29, 0.717) is 27.5 Å². The third-order valence-electron chi connectivity index (χ3n) is 4.85. The van der Waals surface area contributed by atoms with Crippen LogP contribution in [0.1, 0.15) is 27.5 Å². The minimum Gasteiger partial charge on any atom is -0.351 e. The van der Waals surface area contributed by atoms with Crippen LogP contribution >= 0.6 is 12.2 Å². The molecule has 0 radical (unpaired) electrons. The first-order valence-corrected chi connectivity index (χ1v) is 9.66. The van der Waals surface area contributed by atoms with Crippen LogP contribution in [0, 0.1) is 10.1 Å². The number of nitro benzene ring substituents is 1. The van der Waals surface area contributed by atoms with Crippen molar-refractivity contribution in [3.8, 4) is 0 Å². The van der Waals surface area contributed by atoms with Gasteiger partial charge in [0, 0.05) is 17.7 Å². The summed E-state index contributed by atoms with van der Waals surface area (Å²) in [7, 11) is 0. The van der Waals surface area contributed by atoms with Crippen LogP contribution in [0.25, 0.3) is 5.70 Å². The number of non-ortho nitro benzene ring substituents is 1. The molecule has 0 saturated heterocycles. The molecule has 0 aliphatic carbocycles. The number of Topliss-reactive ketones (excluding diaryl/α,β-unsaturated/α-hetero) is 1. The smallest absolute Gasteiger partial charge is 0.269 e. The maximum absolute atomic E-state index is 13.6. The maximum Gasteiger partial charge on any atom is 0.269 e. The monoisotopic (exact) mass is 415 g/mol. The molecule has 0 fully saturated rings. The van der Waals surface area contributed by atoms with Crippen molar-refractivity contribution in [3.63, 3.8) is 0 Å². The second kappa shape index (κ2) is 8.26. The molecule has 1 heterocycles. The molecule has 0 aromatic heterocycles. The third kappa shape index (κ3) is 3.83. The number of carbonyl (C=O) groups excluding carboxylic acids is 1. The van der Waals surface area contributed by atoms with Gasteiger partial charge in [-0.2, -0.15) is 0 Å². The van der Waals surface area contributed by atoms with Crippen molar-refractivity contribution in [2.45, 2.75) is 6.04 Å². The fraction of sp³-hybridized carbons (Fsp3) is 0.0435. The lowest BCUT2D eigenvalue weighted by molar-refractivity contribution is -0.384. The number of ketones is 1. The quantitative estimate of drug-likeness (QED) is 0.278. The highest BCUT2D eigenvalue weighted by Crippen LogP contribution is 2.34. The Kier molecular flexibility index (Phi) is 5.36. The summed E-state index contributed by atoms with van der Waals surface area (Å²) in [6, 6.07) is 24.1. The van der Waals surface area contributed by atoms with Crippen molar-refractivity contribution >= 4 is 34.5 Å². The predicted molar refractivity (Wildman–Crippen MR) is 119 cm³/mol. The van der Waals surface area contributed by atoms with Gasteiger partial charge >= 0.3 is 0 Å². The standard InChI is InChI=1S/C23H17N3O3S/c27-22(17-9-5-2-6-10-17)19-20(15-7-3-1-4-8-15)24-23(30)25-21(19)16-11-13-18(14-12-16)26(28)29/h1-14,21H,(H2,24,25,30)/t21-/m0/s1. The first-order chi connectivity index (χ1) is 14.5. The predicted octanol–water partition coefficient (Wildman–Crippen LogP) is 4.41. The largest absolute Gasteiger partial charge is 0.351 e. The molecule has 6 nitrogen and oxygen atoms in total. The minimum absolute atomic E-state index is 0.0153. The molecule has 0 spiro atoms. The molecule has 148 valence electrons. The second-order valence-electron chi connectivity index (χ2n) is 6.73. The SMILES string of the molecule is O=C(C1=C(c2ccccc2)NC(=S)N[C@H]1c1ccc([N+](=O)[O-])cc1)c1ccccc1. The molecule has 0 amide bonds. The number of benzene rings is 3. The van der Waals surface area contributed by atoms with E-state index in [4.69, 9.17) is 12.2 Å². The number of nitrogens with one attached hydrogen (secondary N) is 2. The van der Waals surface area contributed by atoms with Crippen molar-refractivity contribution in [1.29, 1.82) is 0 Å². The molecular weight excluding hydrogens is 398 g/mol. The van der Waals surface area contributed by atoms with E-state index in [2.05, 4.69) is 10.6 Å². The highest BCUT2D eigenvalue weighted by Gasteiger charge is 2.32. The summed E-state index contributed by atoms with van der Waals surface area (Å²) in [5.74, 6) is -0.152. The van der Waals surface area contributed by atoms with E-state index >= 15 is 0 Å². The second-order valence-corrected chi connectivity index (χ2v) is 7.14. The van der Waals surface area contributed by atoms with E-state index in [1.807, 2.05) is 48.5 Å². The molecule has 1 atom stereocenters. The van der Waals surface area contributed by atoms with Gasteiger partial charge in [0.2, 0.25) is 0 Å². The van der Waals surface area contributed by atoms with Crippen molar-refractivity contribution in [3.05, 3.63) is 117 Å². The molecular formula is C23H17N3O3S. The topological polar surface area (TPSA) is 84.3 Å². The molecule has 3 aromatic rings. The lowest BCUT2D eigenvalue weighted by atomic mass is 9.87. The molecule has 4 rings (SSSR count). The average molecular weight is 415 g/mol. The Morgan fingerprint density at radius 3 is 2.10 bits per heavy atom. The van der Waals surface area contributed by atoms with Crippen LogP contribution < -0.4 is 10.6 Å². The Morgan fingerprint density at radius 2 is 1.50 bits per heavy atom. The van der Waals surface area contributed by atoms with Crippen molar-refractivity contribution < 1.29 is 9.72 Å². The summed E-state index contributed by atoms with van der Waals surface area (Å²) in [4.78, 5) is 24.1. The molecule has 2 N–H and O–H groups in total. The zero-order valence-electron chi connectivity index (χ0n) is 15.7. The first kappa shape index (κ1) is 19.5. The van der Waals surface area contributed by atoms with E-state index < -0.39 is 11.0 Å². The molecule has 30 heavy (non-hydrogen) atoms. The van der Waals surface area contributed by atoms with Gasteiger partial charge in [-0.25, -0.2) is 0 Å². The van der Waals surface area contributed by atoms with Crippen molar-refractivity contribution in [2.75, 3.05) is 0 Å². The summed E-state index contributed by atoms with van der Waals surface area (Å²) >= 11 is 5.41. The van der Waals surface area contributed by atoms with Crippen molar-refractivity contribution in [2.24, 2.45) is 0 Å². The van der Waals surface area contributed by atoms with Gasteiger partial charge in [0.15, 0.2) is 10.9 Å². The van der Waals surface area contributed by atoms with Crippen LogP contribution in [0.3, 0.4) is 0 Å². The van der Waals surface area contributed by atoms with Crippen LogP contribution in [0.4, 0.5) is 5.69 Å². The highest BCUT2D eigenvalue weighted by molar-refractivity contribution is 7.80. The van der Waals surface area contributed by atoms with Crippen LogP contribution in [0.15, 0.2) is 90.5 Å². The summed E-state index contributed by atoms with van der Waals surface area (Å²) < 4.78 is 0. The Morgan fingerprint density at radius 1 is 0.900 bits per heavy atom. The van der Waals surface area contributed by atoms with Crippen LogP contribution in [-0.2, 0) is 0 Å². The van der Waals surface area contributed by atoms with Gasteiger partial charge in [0.25, 0.3) is 5.69 Å². The van der Waals surface area contributed by atoms with Crippen LogP contribution in [0.2, 0.25) is 0 Å². The van der Waals surface area contributed by atoms with Gasteiger partial charge in [0.05, 0.1) is 22.2 Å². The zero-order chi connectivity index (χ0) is 21.1. The number of nitrogens with zero attached hydrogens (tertiary/aromatic N) is 1. The third-order valence-corrected chi connectivity index (χ3v) is 5.07. The summed E-state index contributed by atoms with van der Waals surface area (Å²) in [5, 5.41) is 17.7. The zero-order valence-corrected chi connectivity index (χ0v) is 16.6. The molecule has 0 saturated carbocycles. The lowest BCUT2D eigenvalue weighted by Gasteiger charge is -2.31.